The number of rotatable bonds is 4. The first-order valence-corrected chi connectivity index (χ1v) is 9.17. The fourth-order valence-corrected chi connectivity index (χ4v) is 3.45. The third kappa shape index (κ3) is 3.69. The van der Waals surface area contributed by atoms with Crippen LogP contribution in [0, 0.1) is 5.82 Å². The quantitative estimate of drug-likeness (QED) is 0.756. The lowest BCUT2D eigenvalue weighted by molar-refractivity contribution is -0.129. The molecule has 6 nitrogen and oxygen atoms in total. The zero-order valence-electron chi connectivity index (χ0n) is 15.3. The summed E-state index contributed by atoms with van der Waals surface area (Å²) in [5, 5.41) is 0. The topological polar surface area (TPSA) is 85.0 Å². The minimum absolute atomic E-state index is 0.0525. The van der Waals surface area contributed by atoms with Gasteiger partial charge in [0.1, 0.15) is 11.6 Å². The average Bonchev–Trinajstić information content (AvgIpc) is 3.21. The molecule has 0 aliphatic carbocycles. The Bertz CT molecular complexity index is 995. The molecular weight excluding hydrogens is 357 g/mol. The maximum atomic E-state index is 14.1. The standard InChI is InChI=1S/C21H20FN5O/c22-16-5-2-1-4-15(16)18-7-6-17(23)19(26-18)12-20(28)27-11-8-14(13-27)21-24-9-3-10-25-21/h1-7,9-10,14H,8,11-13,23H2. The molecule has 142 valence electrons. The van der Waals surface area contributed by atoms with Crippen LogP contribution in [0.3, 0.4) is 0 Å². The summed E-state index contributed by atoms with van der Waals surface area (Å²) in [5.74, 6) is 0.489. The lowest BCUT2D eigenvalue weighted by Crippen LogP contribution is -2.30. The molecule has 28 heavy (non-hydrogen) atoms. The fraction of sp³-hybridized carbons (Fsp3) is 0.238. The monoisotopic (exact) mass is 377 g/mol. The number of hydrogen-bond acceptors (Lipinski definition) is 5. The van der Waals surface area contributed by atoms with E-state index in [-0.39, 0.29) is 24.1 Å². The van der Waals surface area contributed by atoms with Crippen LogP contribution in [0.5, 0.6) is 0 Å². The number of nitrogens with two attached hydrogens (primary N) is 1. The summed E-state index contributed by atoms with van der Waals surface area (Å²) in [4.78, 5) is 27.6. The van der Waals surface area contributed by atoms with Crippen LogP contribution in [-0.2, 0) is 11.2 Å². The number of carbonyl (C=O) groups excluding carboxylic acids is 1. The Morgan fingerprint density at radius 2 is 1.93 bits per heavy atom. The van der Waals surface area contributed by atoms with Gasteiger partial charge in [0.05, 0.1) is 23.5 Å². The van der Waals surface area contributed by atoms with Gasteiger partial charge in [0.2, 0.25) is 5.91 Å². The normalized spacial score (nSPS) is 16.3. The second kappa shape index (κ2) is 7.72. The molecule has 3 heterocycles. The Labute approximate surface area is 162 Å². The second-order valence-corrected chi connectivity index (χ2v) is 6.82. The van der Waals surface area contributed by atoms with Crippen LogP contribution in [0.15, 0.2) is 54.9 Å². The number of likely N-dealkylation sites (tertiary alicyclic amines) is 1. The number of pyridine rings is 1. The number of aromatic nitrogens is 3. The van der Waals surface area contributed by atoms with Crippen molar-refractivity contribution in [3.8, 4) is 11.3 Å². The predicted molar refractivity (Wildman–Crippen MR) is 104 cm³/mol. The van der Waals surface area contributed by atoms with E-state index in [4.69, 9.17) is 5.73 Å². The summed E-state index contributed by atoms with van der Waals surface area (Å²) in [5.41, 5.74) is 7.77. The molecule has 0 radical (unpaired) electrons. The van der Waals surface area contributed by atoms with Gasteiger partial charge in [-0.1, -0.05) is 12.1 Å². The Hall–Kier alpha value is -3.35. The van der Waals surface area contributed by atoms with E-state index in [0.29, 0.717) is 35.7 Å². The van der Waals surface area contributed by atoms with Crippen molar-refractivity contribution in [1.29, 1.82) is 0 Å². The number of benzene rings is 1. The molecular formula is C21H20FN5O. The van der Waals surface area contributed by atoms with Crippen LogP contribution in [0.4, 0.5) is 10.1 Å². The molecule has 2 aromatic heterocycles. The van der Waals surface area contributed by atoms with Gasteiger partial charge in [-0.05, 0) is 36.8 Å². The van der Waals surface area contributed by atoms with Crippen molar-refractivity contribution in [3.05, 3.63) is 72.2 Å². The second-order valence-electron chi connectivity index (χ2n) is 6.82. The third-order valence-electron chi connectivity index (χ3n) is 4.97. The van der Waals surface area contributed by atoms with Gasteiger partial charge in [0.15, 0.2) is 0 Å². The molecule has 0 spiro atoms. The first-order chi connectivity index (χ1) is 13.6. The molecule has 1 saturated heterocycles. The van der Waals surface area contributed by atoms with Crippen LogP contribution >= 0.6 is 0 Å². The highest BCUT2D eigenvalue weighted by Gasteiger charge is 2.29. The Balaban J connectivity index is 1.49. The van der Waals surface area contributed by atoms with Crippen LogP contribution in [-0.4, -0.2) is 38.8 Å². The lowest BCUT2D eigenvalue weighted by Gasteiger charge is -2.17. The van der Waals surface area contributed by atoms with Crippen molar-refractivity contribution >= 4 is 11.6 Å². The predicted octanol–water partition coefficient (Wildman–Crippen LogP) is 2.82. The highest BCUT2D eigenvalue weighted by Crippen LogP contribution is 2.26. The Kier molecular flexibility index (Phi) is 4.97. The smallest absolute Gasteiger partial charge is 0.228 e. The first-order valence-electron chi connectivity index (χ1n) is 9.17. The lowest BCUT2D eigenvalue weighted by atomic mass is 10.1. The Morgan fingerprint density at radius 3 is 2.71 bits per heavy atom. The average molecular weight is 377 g/mol. The SMILES string of the molecule is Nc1ccc(-c2ccccc2F)nc1CC(=O)N1CCC(c2ncccn2)C1. The maximum Gasteiger partial charge on any atom is 0.228 e. The van der Waals surface area contributed by atoms with E-state index in [2.05, 4.69) is 15.0 Å². The van der Waals surface area contributed by atoms with Crippen LogP contribution in [0.2, 0.25) is 0 Å². The van der Waals surface area contributed by atoms with Crippen molar-refractivity contribution in [1.82, 2.24) is 19.9 Å². The fourth-order valence-electron chi connectivity index (χ4n) is 3.45. The van der Waals surface area contributed by atoms with E-state index in [1.54, 1.807) is 53.7 Å². The molecule has 1 aliphatic heterocycles. The zero-order chi connectivity index (χ0) is 19.5. The molecule has 7 heteroatoms. The third-order valence-corrected chi connectivity index (χ3v) is 4.97. The summed E-state index contributed by atoms with van der Waals surface area (Å²) in [6, 6.07) is 11.5. The van der Waals surface area contributed by atoms with E-state index >= 15 is 0 Å². The number of hydrogen-bond donors (Lipinski definition) is 1. The number of nitrogen functional groups attached to an aromatic ring is 1. The number of amides is 1. The summed E-state index contributed by atoms with van der Waals surface area (Å²) >= 11 is 0. The molecule has 1 atom stereocenters. The van der Waals surface area contributed by atoms with Crippen molar-refractivity contribution in [2.45, 2.75) is 18.8 Å². The van der Waals surface area contributed by atoms with Gasteiger partial charge in [0.25, 0.3) is 0 Å². The van der Waals surface area contributed by atoms with Gasteiger partial charge in [-0.15, -0.1) is 0 Å². The highest BCUT2D eigenvalue weighted by atomic mass is 19.1. The number of anilines is 1. The van der Waals surface area contributed by atoms with E-state index in [1.807, 2.05) is 0 Å². The summed E-state index contributed by atoms with van der Waals surface area (Å²) in [6.07, 6.45) is 4.34. The van der Waals surface area contributed by atoms with Crippen molar-refractivity contribution in [2.24, 2.45) is 0 Å². The van der Waals surface area contributed by atoms with Crippen molar-refractivity contribution in [2.75, 3.05) is 18.8 Å². The van der Waals surface area contributed by atoms with Crippen LogP contribution < -0.4 is 5.73 Å². The van der Waals surface area contributed by atoms with E-state index in [1.165, 1.54) is 6.07 Å². The highest BCUT2D eigenvalue weighted by molar-refractivity contribution is 5.80. The van der Waals surface area contributed by atoms with Gasteiger partial charge < -0.3 is 10.6 Å². The summed E-state index contributed by atoms with van der Waals surface area (Å²) in [7, 11) is 0. The minimum atomic E-state index is -0.359. The molecule has 3 aromatic rings. The molecule has 0 saturated carbocycles. The molecule has 2 N–H and O–H groups in total. The van der Waals surface area contributed by atoms with Gasteiger partial charge in [-0.2, -0.15) is 0 Å². The number of nitrogens with zero attached hydrogens (tertiary/aromatic N) is 4. The molecule has 0 bridgehead atoms. The van der Waals surface area contributed by atoms with Gasteiger partial charge >= 0.3 is 0 Å². The van der Waals surface area contributed by atoms with Crippen LogP contribution in [0.25, 0.3) is 11.3 Å². The molecule has 1 aliphatic rings. The van der Waals surface area contributed by atoms with Crippen LogP contribution in [0.1, 0.15) is 23.9 Å². The van der Waals surface area contributed by atoms with E-state index < -0.39 is 0 Å². The summed E-state index contributed by atoms with van der Waals surface area (Å²) in [6.45, 7) is 1.23. The van der Waals surface area contributed by atoms with Gasteiger partial charge in [-0.25, -0.2) is 14.4 Å². The first kappa shape index (κ1) is 18.0. The molecule has 1 aromatic carbocycles. The van der Waals surface area contributed by atoms with E-state index in [9.17, 15) is 9.18 Å². The number of carbonyl (C=O) groups is 1. The van der Waals surface area contributed by atoms with E-state index in [0.717, 1.165) is 12.2 Å². The summed E-state index contributed by atoms with van der Waals surface area (Å²) < 4.78 is 14.1. The molecule has 1 amide bonds. The van der Waals surface area contributed by atoms with Gasteiger partial charge in [0, 0.05) is 37.0 Å². The largest absolute Gasteiger partial charge is 0.397 e. The zero-order valence-corrected chi connectivity index (χ0v) is 15.3. The molecule has 1 unspecified atom stereocenters. The molecule has 1 fully saturated rings. The Morgan fingerprint density at radius 1 is 1.14 bits per heavy atom. The van der Waals surface area contributed by atoms with Gasteiger partial charge in [-0.3, -0.25) is 9.78 Å². The van der Waals surface area contributed by atoms with Crippen molar-refractivity contribution in [3.63, 3.8) is 0 Å². The number of halogens is 1. The maximum absolute atomic E-state index is 14.1. The van der Waals surface area contributed by atoms with Crippen molar-refractivity contribution < 1.29 is 9.18 Å². The minimum Gasteiger partial charge on any atom is -0.397 e. The molecule has 4 rings (SSSR count).